The van der Waals surface area contributed by atoms with E-state index >= 15 is 0 Å². The Morgan fingerprint density at radius 3 is 2.58 bits per heavy atom. The fourth-order valence-corrected chi connectivity index (χ4v) is 4.07. The first-order valence-corrected chi connectivity index (χ1v) is 9.42. The number of likely N-dealkylation sites (N-methyl/N-ethyl adjacent to an activating group) is 1. The first-order valence-electron chi connectivity index (χ1n) is 9.42. The van der Waals surface area contributed by atoms with Crippen LogP contribution < -0.4 is 5.32 Å². The summed E-state index contributed by atoms with van der Waals surface area (Å²) in [4.78, 5) is 28.2. The van der Waals surface area contributed by atoms with Crippen LogP contribution in [0.3, 0.4) is 0 Å². The van der Waals surface area contributed by atoms with Gasteiger partial charge in [0.15, 0.2) is 0 Å². The highest BCUT2D eigenvalue weighted by molar-refractivity contribution is 6.00. The van der Waals surface area contributed by atoms with Gasteiger partial charge in [0.1, 0.15) is 0 Å². The number of aryl methyl sites for hydroxylation is 1. The molecule has 2 aliphatic rings. The average molecular weight is 359 g/mol. The summed E-state index contributed by atoms with van der Waals surface area (Å²) in [5.41, 5.74) is 4.06. The number of benzene rings is 1. The van der Waals surface area contributed by atoms with Gasteiger partial charge in [-0.05, 0) is 70.0 Å². The number of nitrogens with one attached hydrogen (secondary N) is 1. The topological polar surface area (TPSA) is 72.9 Å². The molecular formula is C20H29N3O3. The molecule has 1 saturated carbocycles. The molecule has 26 heavy (non-hydrogen) atoms. The Bertz CT molecular complexity index is 694. The summed E-state index contributed by atoms with van der Waals surface area (Å²) in [5, 5.41) is 12.6. The molecule has 0 radical (unpaired) electrons. The highest BCUT2D eigenvalue weighted by atomic mass is 16.4. The van der Waals surface area contributed by atoms with Crippen LogP contribution in [0.15, 0.2) is 12.1 Å². The van der Waals surface area contributed by atoms with Gasteiger partial charge < -0.3 is 20.2 Å². The molecular weight excluding hydrogens is 330 g/mol. The summed E-state index contributed by atoms with van der Waals surface area (Å²) in [6.07, 6.45) is 2.89. The normalized spacial score (nSPS) is 22.6. The van der Waals surface area contributed by atoms with Crippen molar-refractivity contribution >= 4 is 17.6 Å². The monoisotopic (exact) mass is 359 g/mol. The lowest BCUT2D eigenvalue weighted by atomic mass is 9.85. The van der Waals surface area contributed by atoms with E-state index in [0.717, 1.165) is 48.3 Å². The second-order valence-electron chi connectivity index (χ2n) is 7.83. The van der Waals surface area contributed by atoms with E-state index in [4.69, 9.17) is 5.11 Å². The van der Waals surface area contributed by atoms with Crippen LogP contribution in [0.25, 0.3) is 0 Å². The van der Waals surface area contributed by atoms with Crippen LogP contribution in [0.1, 0.15) is 47.2 Å². The van der Waals surface area contributed by atoms with Crippen LogP contribution >= 0.6 is 0 Å². The van der Waals surface area contributed by atoms with Crippen molar-refractivity contribution in [1.29, 1.82) is 0 Å². The van der Waals surface area contributed by atoms with Gasteiger partial charge in [-0.3, -0.25) is 9.59 Å². The molecule has 2 N–H and O–H groups in total. The van der Waals surface area contributed by atoms with Gasteiger partial charge in [-0.1, -0.05) is 0 Å². The second-order valence-corrected chi connectivity index (χ2v) is 7.83. The minimum atomic E-state index is -0.705. The fraction of sp³-hybridized carbons (Fsp3) is 0.600. The Morgan fingerprint density at radius 1 is 1.27 bits per heavy atom. The van der Waals surface area contributed by atoms with Gasteiger partial charge in [0, 0.05) is 36.9 Å². The number of nitrogens with zero attached hydrogens (tertiary/aromatic N) is 2. The minimum absolute atomic E-state index is 0.0955. The molecule has 6 nitrogen and oxygen atoms in total. The Kier molecular flexibility index (Phi) is 5.51. The Morgan fingerprint density at radius 2 is 1.96 bits per heavy atom. The second kappa shape index (κ2) is 7.66. The van der Waals surface area contributed by atoms with Crippen molar-refractivity contribution in [2.24, 2.45) is 5.92 Å². The number of hydrogen-bond donors (Lipinski definition) is 2. The number of aliphatic carboxylic acids is 1. The number of amides is 1. The number of fused-ring (bicyclic) bond motifs is 1. The Balaban J connectivity index is 1.69. The molecule has 1 aliphatic heterocycles. The molecule has 1 heterocycles. The molecule has 0 unspecified atom stereocenters. The Labute approximate surface area is 155 Å². The van der Waals surface area contributed by atoms with E-state index in [9.17, 15) is 9.59 Å². The molecule has 0 atom stereocenters. The van der Waals surface area contributed by atoms with Crippen molar-refractivity contribution < 1.29 is 14.7 Å². The summed E-state index contributed by atoms with van der Waals surface area (Å²) >= 11 is 0. The van der Waals surface area contributed by atoms with Crippen molar-refractivity contribution in [3.63, 3.8) is 0 Å². The molecule has 0 saturated heterocycles. The van der Waals surface area contributed by atoms with Gasteiger partial charge in [-0.25, -0.2) is 0 Å². The highest BCUT2D eigenvalue weighted by Crippen LogP contribution is 2.35. The van der Waals surface area contributed by atoms with Crippen LogP contribution in [-0.2, 0) is 11.3 Å². The summed E-state index contributed by atoms with van der Waals surface area (Å²) in [6.45, 7) is 4.49. The lowest BCUT2D eigenvalue weighted by molar-refractivity contribution is -0.143. The maximum Gasteiger partial charge on any atom is 0.306 e. The molecule has 0 bridgehead atoms. The fourth-order valence-electron chi connectivity index (χ4n) is 4.07. The summed E-state index contributed by atoms with van der Waals surface area (Å²) < 4.78 is 0. The minimum Gasteiger partial charge on any atom is -0.481 e. The van der Waals surface area contributed by atoms with Crippen LogP contribution in [0, 0.1) is 12.8 Å². The van der Waals surface area contributed by atoms with Crippen LogP contribution in [0.2, 0.25) is 0 Å². The zero-order chi connectivity index (χ0) is 18.8. The van der Waals surface area contributed by atoms with Crippen molar-refractivity contribution in [3.8, 4) is 0 Å². The summed E-state index contributed by atoms with van der Waals surface area (Å²) in [7, 11) is 4.08. The van der Waals surface area contributed by atoms with E-state index in [0.29, 0.717) is 19.4 Å². The van der Waals surface area contributed by atoms with Crippen molar-refractivity contribution in [2.45, 2.75) is 45.2 Å². The molecule has 1 aromatic carbocycles. The number of rotatable bonds is 6. The van der Waals surface area contributed by atoms with E-state index in [1.807, 2.05) is 25.1 Å². The highest BCUT2D eigenvalue weighted by Gasteiger charge is 2.36. The molecule has 1 amide bonds. The predicted molar refractivity (Wildman–Crippen MR) is 101 cm³/mol. The van der Waals surface area contributed by atoms with E-state index in [2.05, 4.69) is 23.2 Å². The lowest BCUT2D eigenvalue weighted by Gasteiger charge is -2.33. The van der Waals surface area contributed by atoms with Crippen molar-refractivity contribution in [3.05, 3.63) is 28.8 Å². The van der Waals surface area contributed by atoms with E-state index in [-0.39, 0.29) is 17.9 Å². The summed E-state index contributed by atoms with van der Waals surface area (Å²) in [6, 6.07) is 4.26. The van der Waals surface area contributed by atoms with Gasteiger partial charge >= 0.3 is 5.97 Å². The molecule has 1 aliphatic carbocycles. The maximum atomic E-state index is 13.0. The number of anilines is 1. The number of carboxylic acid groups (broad SMARTS) is 1. The first-order chi connectivity index (χ1) is 12.4. The number of carboxylic acids is 1. The first kappa shape index (κ1) is 18.7. The molecule has 142 valence electrons. The zero-order valence-electron chi connectivity index (χ0n) is 15.9. The van der Waals surface area contributed by atoms with Gasteiger partial charge in [0.05, 0.1) is 5.92 Å². The van der Waals surface area contributed by atoms with Crippen molar-refractivity contribution in [2.75, 3.05) is 32.5 Å². The van der Waals surface area contributed by atoms with Gasteiger partial charge in [-0.15, -0.1) is 0 Å². The third-order valence-corrected chi connectivity index (χ3v) is 5.67. The number of hydrogen-bond acceptors (Lipinski definition) is 4. The smallest absolute Gasteiger partial charge is 0.306 e. The van der Waals surface area contributed by atoms with Gasteiger partial charge in [0.25, 0.3) is 5.91 Å². The third-order valence-electron chi connectivity index (χ3n) is 5.67. The van der Waals surface area contributed by atoms with Crippen LogP contribution in [0.5, 0.6) is 0 Å². The lowest BCUT2D eigenvalue weighted by Crippen LogP contribution is -2.39. The quantitative estimate of drug-likeness (QED) is 0.817. The predicted octanol–water partition coefficient (Wildman–Crippen LogP) is 2.57. The van der Waals surface area contributed by atoms with Crippen LogP contribution in [0.4, 0.5) is 5.69 Å². The Hall–Kier alpha value is -2.08. The van der Waals surface area contributed by atoms with E-state index < -0.39 is 5.97 Å². The molecule has 0 aromatic heterocycles. The third kappa shape index (κ3) is 3.85. The molecule has 1 fully saturated rings. The molecule has 3 rings (SSSR count). The zero-order valence-corrected chi connectivity index (χ0v) is 15.9. The van der Waals surface area contributed by atoms with Crippen molar-refractivity contribution in [1.82, 2.24) is 9.80 Å². The number of carbonyl (C=O) groups is 2. The summed E-state index contributed by atoms with van der Waals surface area (Å²) in [5.74, 6) is -0.859. The molecule has 6 heteroatoms. The van der Waals surface area contributed by atoms with Gasteiger partial charge in [0.2, 0.25) is 0 Å². The standard InChI is InChI=1S/C20H29N3O3/c1-13-10-15(21-8-9-22(2)3)11-17-18(13)12-23(19(17)24)16-6-4-14(5-7-16)20(25)26/h10-11,14,16,21H,4-9,12H2,1-3H3,(H,25,26). The van der Waals surface area contributed by atoms with Crippen LogP contribution in [-0.4, -0.2) is 60.0 Å². The maximum absolute atomic E-state index is 13.0. The largest absolute Gasteiger partial charge is 0.481 e. The number of carbonyl (C=O) groups excluding carboxylic acids is 1. The SMILES string of the molecule is Cc1cc(NCCN(C)C)cc2c1CN(C1CCC(C(=O)O)CC1)C2=O. The van der Waals surface area contributed by atoms with E-state index in [1.165, 1.54) is 0 Å². The van der Waals surface area contributed by atoms with Gasteiger partial charge in [-0.2, -0.15) is 0 Å². The molecule has 0 spiro atoms. The average Bonchev–Trinajstić information content (AvgIpc) is 2.92. The molecule has 1 aromatic rings. The van der Waals surface area contributed by atoms with E-state index in [1.54, 1.807) is 0 Å².